The number of carbonyl (C=O) groups excluding carboxylic acids is 5. The van der Waals surface area contributed by atoms with E-state index in [1.165, 1.54) is 15.9 Å². The highest BCUT2D eigenvalue weighted by atomic mass is 32.2. The first-order chi connectivity index (χ1) is 25.5. The van der Waals surface area contributed by atoms with Crippen molar-refractivity contribution in [1.29, 1.82) is 0 Å². The molecule has 5 amide bonds. The van der Waals surface area contributed by atoms with Crippen LogP contribution < -0.4 is 15.4 Å². The molecule has 3 aliphatic heterocycles. The van der Waals surface area contributed by atoms with E-state index < -0.39 is 85.7 Å². The van der Waals surface area contributed by atoms with E-state index in [1.54, 1.807) is 32.9 Å². The van der Waals surface area contributed by atoms with Gasteiger partial charge in [-0.25, -0.2) is 22.4 Å². The molecule has 3 fully saturated rings. The Hall–Kier alpha value is -4.21. The zero-order valence-electron chi connectivity index (χ0n) is 31.5. The molecule has 296 valence electrons. The van der Waals surface area contributed by atoms with Gasteiger partial charge in [-0.15, -0.1) is 0 Å². The van der Waals surface area contributed by atoms with Crippen LogP contribution in [0.2, 0.25) is 0 Å². The number of nitrogens with zero attached hydrogens (tertiary/aromatic N) is 2. The molecular formula is C38H52FN5O9S. The number of carbonyl (C=O) groups is 5. The van der Waals surface area contributed by atoms with Gasteiger partial charge in [-0.3, -0.25) is 24.0 Å². The van der Waals surface area contributed by atoms with Crippen LogP contribution in [0.3, 0.4) is 0 Å². The molecule has 2 saturated carbocycles. The molecule has 0 spiro atoms. The molecule has 16 heteroatoms. The summed E-state index contributed by atoms with van der Waals surface area (Å²) in [6.07, 6.45) is 6.15. The number of rotatable bonds is 7. The zero-order valence-corrected chi connectivity index (χ0v) is 32.3. The number of benzene rings is 1. The fourth-order valence-corrected chi connectivity index (χ4v) is 9.67. The molecule has 6 rings (SSSR count). The fraction of sp³-hybridized carbons (Fsp3) is 0.658. The molecule has 1 aromatic carbocycles. The van der Waals surface area contributed by atoms with Crippen LogP contribution in [-0.2, 0) is 47.0 Å². The average Bonchev–Trinajstić information content (AvgIpc) is 3.91. The number of sulfonamides is 1. The number of hydrogen-bond donors (Lipinski definition) is 3. The number of alkyl carbamates (subject to hydrolysis) is 1. The zero-order chi connectivity index (χ0) is 39.1. The maximum Gasteiger partial charge on any atom is 0.410 e. The second-order valence-corrected chi connectivity index (χ2v) is 18.5. The highest BCUT2D eigenvalue weighted by Gasteiger charge is 2.63. The van der Waals surface area contributed by atoms with Gasteiger partial charge in [0.2, 0.25) is 21.8 Å². The fourth-order valence-electron chi connectivity index (χ4n) is 7.91. The Morgan fingerprint density at radius 3 is 2.54 bits per heavy atom. The first-order valence-corrected chi connectivity index (χ1v) is 20.5. The molecule has 1 aromatic rings. The largest absolute Gasteiger partial charge is 0.444 e. The summed E-state index contributed by atoms with van der Waals surface area (Å²) in [4.78, 5) is 71.5. The summed E-state index contributed by atoms with van der Waals surface area (Å²) in [5, 5.41) is 5.50. The van der Waals surface area contributed by atoms with Gasteiger partial charge in [0, 0.05) is 24.4 Å². The Morgan fingerprint density at radius 1 is 1.09 bits per heavy atom. The summed E-state index contributed by atoms with van der Waals surface area (Å²) < 4.78 is 53.9. The van der Waals surface area contributed by atoms with Gasteiger partial charge >= 0.3 is 12.2 Å². The molecule has 3 N–H and O–H groups in total. The molecule has 2 aliphatic carbocycles. The van der Waals surface area contributed by atoms with Gasteiger partial charge in [0.25, 0.3) is 5.91 Å². The van der Waals surface area contributed by atoms with Crippen LogP contribution in [-0.4, -0.2) is 88.7 Å². The van der Waals surface area contributed by atoms with Crippen molar-refractivity contribution in [3.05, 3.63) is 47.3 Å². The van der Waals surface area contributed by atoms with E-state index in [-0.39, 0.29) is 38.9 Å². The maximum absolute atomic E-state index is 14.4. The number of fused-ring (bicyclic) bond motifs is 3. The minimum atomic E-state index is -4.04. The molecule has 54 heavy (non-hydrogen) atoms. The summed E-state index contributed by atoms with van der Waals surface area (Å²) in [7, 11) is -4.04. The highest BCUT2D eigenvalue weighted by Crippen LogP contribution is 2.49. The Kier molecular flexibility index (Phi) is 11.1. The van der Waals surface area contributed by atoms with Gasteiger partial charge in [-0.05, 0) is 77.3 Å². The van der Waals surface area contributed by atoms with Crippen LogP contribution in [0.1, 0.15) is 109 Å². The summed E-state index contributed by atoms with van der Waals surface area (Å²) in [6.45, 7) is 6.90. The predicted octanol–water partition coefficient (Wildman–Crippen LogP) is 4.31. The van der Waals surface area contributed by atoms with Gasteiger partial charge in [0.15, 0.2) is 0 Å². The van der Waals surface area contributed by atoms with Crippen LogP contribution in [0.25, 0.3) is 0 Å². The number of hydrogen-bond acceptors (Lipinski definition) is 9. The third-order valence-electron chi connectivity index (χ3n) is 11.1. The first kappa shape index (κ1) is 39.5. The van der Waals surface area contributed by atoms with Gasteiger partial charge in [-0.1, -0.05) is 50.5 Å². The lowest BCUT2D eigenvalue weighted by molar-refractivity contribution is -0.141. The van der Waals surface area contributed by atoms with E-state index in [4.69, 9.17) is 9.47 Å². The van der Waals surface area contributed by atoms with Crippen molar-refractivity contribution in [1.82, 2.24) is 25.2 Å². The molecule has 0 unspecified atom stereocenters. The Bertz CT molecular complexity index is 1810. The van der Waals surface area contributed by atoms with Crippen molar-refractivity contribution in [3.8, 4) is 0 Å². The molecule has 14 nitrogen and oxygen atoms in total. The van der Waals surface area contributed by atoms with Gasteiger partial charge in [0.1, 0.15) is 35.1 Å². The van der Waals surface area contributed by atoms with Crippen molar-refractivity contribution in [2.75, 3.05) is 6.54 Å². The van der Waals surface area contributed by atoms with Crippen molar-refractivity contribution in [2.24, 2.45) is 5.92 Å². The maximum atomic E-state index is 14.4. The SMILES string of the molecule is CCCC1(S(=O)(=O)NC(=O)[C@@]23C[C@H]2/C=C\CCCCC[C@H](NC(=O)OC(C)(C)C)C(=O)N2C[C@H](OC(=O)N4Cc5cccc(F)c5C4)C[C@H]2C(=O)N3)CC1. The Labute approximate surface area is 316 Å². The topological polar surface area (TPSA) is 181 Å². The Morgan fingerprint density at radius 2 is 1.85 bits per heavy atom. The third-order valence-corrected chi connectivity index (χ3v) is 13.3. The Balaban J connectivity index is 1.26. The second-order valence-electron chi connectivity index (χ2n) is 16.4. The van der Waals surface area contributed by atoms with E-state index in [1.807, 2.05) is 19.1 Å². The van der Waals surface area contributed by atoms with E-state index in [2.05, 4.69) is 15.4 Å². The standard InChI is InChI=1S/C38H52FN5O9S/c1-5-16-37(17-18-37)54(50,51)42-33(47)38-20-25(38)13-9-7-6-8-10-15-29(40-34(48)53-36(2,3)4)32(46)44-22-26(19-30(44)31(45)41-38)52-35(49)43-21-24-12-11-14-28(39)27(24)23-43/h9,11-14,25-26,29-30H,5-8,10,15-23H2,1-4H3,(H,40,48)(H,41,45)(H,42,47)/b13-9-/t25-,26-,29+,30+,38-/m1/s1. The number of halogens is 1. The molecular weight excluding hydrogens is 722 g/mol. The van der Waals surface area contributed by atoms with E-state index in [9.17, 15) is 36.8 Å². The summed E-state index contributed by atoms with van der Waals surface area (Å²) in [5.74, 6) is -3.06. The average molecular weight is 774 g/mol. The molecule has 0 aromatic heterocycles. The number of nitrogens with one attached hydrogen (secondary N) is 3. The monoisotopic (exact) mass is 773 g/mol. The lowest BCUT2D eigenvalue weighted by atomic mass is 10.0. The van der Waals surface area contributed by atoms with Crippen molar-refractivity contribution in [2.45, 2.75) is 145 Å². The van der Waals surface area contributed by atoms with Crippen molar-refractivity contribution in [3.63, 3.8) is 0 Å². The normalized spacial score (nSPS) is 28.6. The summed E-state index contributed by atoms with van der Waals surface area (Å²) in [5.41, 5.74) is -1.38. The van der Waals surface area contributed by atoms with E-state index in [0.717, 1.165) is 12.8 Å². The van der Waals surface area contributed by atoms with Crippen LogP contribution in [0.4, 0.5) is 14.0 Å². The minimum Gasteiger partial charge on any atom is -0.444 e. The number of ether oxygens (including phenoxy) is 2. The van der Waals surface area contributed by atoms with E-state index >= 15 is 0 Å². The molecule has 3 heterocycles. The summed E-state index contributed by atoms with van der Waals surface area (Å²) in [6, 6.07) is 2.29. The van der Waals surface area contributed by atoms with Gasteiger partial charge in [-0.2, -0.15) is 0 Å². The lowest BCUT2D eigenvalue weighted by Crippen LogP contribution is -2.58. The highest BCUT2D eigenvalue weighted by molar-refractivity contribution is 7.91. The molecule has 0 radical (unpaired) electrons. The number of allylic oxidation sites excluding steroid dienone is 1. The van der Waals surface area contributed by atoms with Gasteiger partial charge < -0.3 is 25.0 Å². The number of amides is 5. The molecule has 1 saturated heterocycles. The molecule has 5 atom stereocenters. The summed E-state index contributed by atoms with van der Waals surface area (Å²) >= 11 is 0. The van der Waals surface area contributed by atoms with Gasteiger partial charge in [0.05, 0.1) is 17.8 Å². The first-order valence-electron chi connectivity index (χ1n) is 19.0. The van der Waals surface area contributed by atoms with Crippen LogP contribution in [0.5, 0.6) is 0 Å². The lowest BCUT2D eigenvalue weighted by Gasteiger charge is -2.30. The third kappa shape index (κ3) is 8.37. The van der Waals surface area contributed by atoms with Crippen LogP contribution in [0, 0.1) is 11.7 Å². The minimum absolute atomic E-state index is 0.00299. The quantitative estimate of drug-likeness (QED) is 0.341. The van der Waals surface area contributed by atoms with E-state index in [0.29, 0.717) is 49.7 Å². The second kappa shape index (κ2) is 15.1. The molecule has 0 bridgehead atoms. The van der Waals surface area contributed by atoms with Crippen LogP contribution >= 0.6 is 0 Å². The molecule has 5 aliphatic rings. The van der Waals surface area contributed by atoms with Crippen molar-refractivity contribution >= 4 is 39.9 Å². The predicted molar refractivity (Wildman–Crippen MR) is 194 cm³/mol. The smallest absolute Gasteiger partial charge is 0.410 e. The van der Waals surface area contributed by atoms with Crippen LogP contribution in [0.15, 0.2) is 30.4 Å². The van der Waals surface area contributed by atoms with Crippen molar-refractivity contribution < 1.29 is 46.3 Å².